The lowest BCUT2D eigenvalue weighted by Gasteiger charge is -2.29. The molecule has 3 fully saturated rings. The van der Waals surface area contributed by atoms with Crippen molar-refractivity contribution in [2.75, 3.05) is 63.3 Å². The van der Waals surface area contributed by atoms with Crippen molar-refractivity contribution in [3.63, 3.8) is 0 Å². The molecule has 2 heterocycles. The molecule has 1 saturated heterocycles. The Kier molecular flexibility index (Phi) is 5.60. The number of hydrogen-bond donors (Lipinski definition) is 2. The third kappa shape index (κ3) is 4.14. The first-order valence-electron chi connectivity index (χ1n) is 9.84. The van der Waals surface area contributed by atoms with E-state index >= 15 is 0 Å². The molecule has 0 bridgehead atoms. The molecule has 4 rings (SSSR count). The van der Waals surface area contributed by atoms with Crippen LogP contribution < -0.4 is 10.6 Å². The van der Waals surface area contributed by atoms with Gasteiger partial charge < -0.3 is 15.4 Å². The highest BCUT2D eigenvalue weighted by Gasteiger charge is 2.86. The van der Waals surface area contributed by atoms with E-state index in [9.17, 15) is 13.2 Å². The Bertz CT molecular complexity index is 737. The maximum Gasteiger partial charge on any atom is 0.421 e. The number of aromatic nitrogens is 2. The maximum atomic E-state index is 13.4. The van der Waals surface area contributed by atoms with Crippen LogP contribution in [-0.2, 0) is 10.9 Å². The Morgan fingerprint density at radius 2 is 2.03 bits per heavy atom. The molecule has 0 amide bonds. The second-order valence-electron chi connectivity index (χ2n) is 7.96. The van der Waals surface area contributed by atoms with Gasteiger partial charge in [0.1, 0.15) is 11.4 Å². The summed E-state index contributed by atoms with van der Waals surface area (Å²) in [5.41, 5.74) is -0.814. The summed E-state index contributed by atoms with van der Waals surface area (Å²) in [6, 6.07) is 0. The molecule has 29 heavy (non-hydrogen) atoms. The fourth-order valence-corrected chi connectivity index (χ4v) is 4.49. The Hall–Kier alpha value is -1.30. The number of anilines is 2. The number of nitrogens with one attached hydrogen (secondary N) is 2. The van der Waals surface area contributed by atoms with Crippen molar-refractivity contribution in [1.29, 1.82) is 0 Å². The molecule has 7 nitrogen and oxygen atoms in total. The summed E-state index contributed by atoms with van der Waals surface area (Å²) in [6.45, 7) is 4.44. The summed E-state index contributed by atoms with van der Waals surface area (Å²) >= 11 is 1.59. The Morgan fingerprint density at radius 1 is 1.31 bits per heavy atom. The van der Waals surface area contributed by atoms with Gasteiger partial charge in [0.25, 0.3) is 0 Å². The third-order valence-electron chi connectivity index (χ3n) is 6.14. The molecule has 1 aromatic rings. The molecule has 0 atom stereocenters. The number of ether oxygens (including phenoxy) is 1. The van der Waals surface area contributed by atoms with Gasteiger partial charge in [0.05, 0.1) is 18.8 Å². The summed E-state index contributed by atoms with van der Waals surface area (Å²) in [7, 11) is 1.95. The molecule has 0 unspecified atom stereocenters. The molecule has 2 N–H and O–H groups in total. The van der Waals surface area contributed by atoms with Gasteiger partial charge in [-0.05, 0) is 32.6 Å². The minimum absolute atomic E-state index is 0.0948. The topological polar surface area (TPSA) is 65.5 Å². The number of rotatable bonds is 9. The van der Waals surface area contributed by atoms with E-state index < -0.39 is 11.7 Å². The Morgan fingerprint density at radius 3 is 2.69 bits per heavy atom. The molecular weight excluding hydrogens is 405 g/mol. The van der Waals surface area contributed by atoms with Crippen LogP contribution in [0, 0.1) is 0 Å². The zero-order valence-electron chi connectivity index (χ0n) is 16.7. The van der Waals surface area contributed by atoms with E-state index in [-0.39, 0.29) is 22.8 Å². The van der Waals surface area contributed by atoms with Gasteiger partial charge in [-0.1, -0.05) is 11.9 Å². The molecule has 11 heteroatoms. The second-order valence-corrected chi connectivity index (χ2v) is 8.95. The van der Waals surface area contributed by atoms with Gasteiger partial charge >= 0.3 is 6.18 Å². The highest BCUT2D eigenvalue weighted by atomic mass is 32.2. The largest absolute Gasteiger partial charge is 0.421 e. The molecule has 0 spiro atoms. The zero-order valence-corrected chi connectivity index (χ0v) is 17.5. The van der Waals surface area contributed by atoms with Crippen molar-refractivity contribution in [1.82, 2.24) is 19.2 Å². The first-order valence-corrected chi connectivity index (χ1v) is 11.0. The van der Waals surface area contributed by atoms with Gasteiger partial charge in [-0.3, -0.25) is 9.21 Å². The quantitative estimate of drug-likeness (QED) is 0.456. The van der Waals surface area contributed by atoms with Crippen LogP contribution in [0.25, 0.3) is 0 Å². The van der Waals surface area contributed by atoms with Crippen molar-refractivity contribution in [2.45, 2.75) is 36.5 Å². The first kappa shape index (κ1) is 21.0. The molecule has 1 aliphatic heterocycles. The van der Waals surface area contributed by atoms with Gasteiger partial charge in [0, 0.05) is 37.9 Å². The van der Waals surface area contributed by atoms with Gasteiger partial charge in [-0.25, -0.2) is 4.98 Å². The van der Waals surface area contributed by atoms with Gasteiger partial charge in [-0.2, -0.15) is 18.2 Å². The lowest BCUT2D eigenvalue weighted by Crippen LogP contribution is -2.41. The minimum atomic E-state index is -4.49. The van der Waals surface area contributed by atoms with Crippen LogP contribution in [0.3, 0.4) is 0 Å². The van der Waals surface area contributed by atoms with Crippen LogP contribution >= 0.6 is 11.9 Å². The fourth-order valence-electron chi connectivity index (χ4n) is 4.18. The number of hydrogen-bond acceptors (Lipinski definition) is 8. The zero-order chi connectivity index (χ0) is 20.7. The van der Waals surface area contributed by atoms with E-state index in [0.29, 0.717) is 13.0 Å². The number of halogens is 3. The van der Waals surface area contributed by atoms with Crippen LogP contribution in [-0.4, -0.2) is 82.9 Å². The highest BCUT2D eigenvalue weighted by molar-refractivity contribution is 7.96. The maximum absolute atomic E-state index is 13.4. The van der Waals surface area contributed by atoms with Crippen molar-refractivity contribution in [3.05, 3.63) is 11.8 Å². The molecule has 3 aliphatic rings. The lowest BCUT2D eigenvalue weighted by molar-refractivity contribution is -0.137. The van der Waals surface area contributed by atoms with Crippen LogP contribution in [0.4, 0.5) is 24.9 Å². The molecule has 0 aromatic carbocycles. The molecular formula is C18H27F3N6OS. The summed E-state index contributed by atoms with van der Waals surface area (Å²) in [5.74, 6) is 0.103. The standard InChI is InChI=1S/C18H27F3N6OS/c1-26(29-2)5-3-4-22-14-13(18(19,20)21)10-23-15(24-14)25-16-11-17(16,12-16)27-6-8-28-9-7-27/h10H,3-9,11-12H2,1-2H3,(H2,22,23,24,25). The lowest BCUT2D eigenvalue weighted by atomic mass is 10.3. The predicted molar refractivity (Wildman–Crippen MR) is 107 cm³/mol. The van der Waals surface area contributed by atoms with Gasteiger partial charge in [-0.15, -0.1) is 0 Å². The van der Waals surface area contributed by atoms with E-state index in [1.165, 1.54) is 0 Å². The number of morpholine rings is 1. The van der Waals surface area contributed by atoms with Crippen molar-refractivity contribution < 1.29 is 17.9 Å². The number of alkyl halides is 3. The SMILES string of the molecule is CSN(C)CCCNc1nc(NC23CC2(N2CCOCC2)C3)ncc1C(F)(F)F. The average Bonchev–Trinajstić information content (AvgIpc) is 3.52. The Balaban J connectivity index is 1.41. The van der Waals surface area contributed by atoms with E-state index in [0.717, 1.165) is 51.9 Å². The van der Waals surface area contributed by atoms with Crippen LogP contribution in [0.5, 0.6) is 0 Å². The van der Waals surface area contributed by atoms with E-state index in [1.54, 1.807) is 11.9 Å². The molecule has 0 radical (unpaired) electrons. The third-order valence-corrected chi connectivity index (χ3v) is 6.95. The summed E-state index contributed by atoms with van der Waals surface area (Å²) in [5, 5.41) is 6.18. The fraction of sp³-hybridized carbons (Fsp3) is 0.778. The van der Waals surface area contributed by atoms with Crippen molar-refractivity contribution >= 4 is 23.7 Å². The molecule has 2 saturated carbocycles. The summed E-state index contributed by atoms with van der Waals surface area (Å²) < 4.78 is 47.5. The van der Waals surface area contributed by atoms with Gasteiger partial charge in [0.2, 0.25) is 5.95 Å². The van der Waals surface area contributed by atoms with Crippen LogP contribution in [0.1, 0.15) is 24.8 Å². The summed E-state index contributed by atoms with van der Waals surface area (Å²) in [4.78, 5) is 10.6. The summed E-state index contributed by atoms with van der Waals surface area (Å²) in [6.07, 6.45) is 1.02. The van der Waals surface area contributed by atoms with Gasteiger partial charge in [0.15, 0.2) is 0 Å². The first-order chi connectivity index (χ1) is 13.8. The number of fused-ring (bicyclic) bond motifs is 1. The normalized spacial score (nSPS) is 28.9. The van der Waals surface area contributed by atoms with E-state index in [1.807, 2.05) is 17.6 Å². The molecule has 162 valence electrons. The molecule has 2 aliphatic carbocycles. The second kappa shape index (κ2) is 7.75. The number of nitrogens with zero attached hydrogens (tertiary/aromatic N) is 4. The highest BCUT2D eigenvalue weighted by Crippen LogP contribution is 2.75. The van der Waals surface area contributed by atoms with E-state index in [2.05, 4.69) is 25.5 Å². The Labute approximate surface area is 172 Å². The van der Waals surface area contributed by atoms with Crippen LogP contribution in [0.2, 0.25) is 0 Å². The average molecular weight is 433 g/mol. The van der Waals surface area contributed by atoms with Crippen LogP contribution in [0.15, 0.2) is 6.20 Å². The van der Waals surface area contributed by atoms with E-state index in [4.69, 9.17) is 4.74 Å². The minimum Gasteiger partial charge on any atom is -0.379 e. The van der Waals surface area contributed by atoms with Crippen molar-refractivity contribution in [3.8, 4) is 0 Å². The van der Waals surface area contributed by atoms with Crippen molar-refractivity contribution in [2.24, 2.45) is 0 Å². The predicted octanol–water partition coefficient (Wildman–Crippen LogP) is 2.54. The monoisotopic (exact) mass is 432 g/mol. The smallest absolute Gasteiger partial charge is 0.379 e. The molecule has 1 aromatic heterocycles.